The first kappa shape index (κ1) is 17.8. The molecule has 0 amide bonds. The van der Waals surface area contributed by atoms with Gasteiger partial charge in [0.2, 0.25) is 5.79 Å². The first-order valence-corrected chi connectivity index (χ1v) is 7.20. The molecule has 128 valence electrons. The molecule has 0 unspecified atom stereocenters. The normalized spacial score (nSPS) is 31.8. The Bertz CT molecular complexity index is 526. The van der Waals surface area contributed by atoms with E-state index < -0.39 is 49.3 Å². The average molecular weight is 327 g/mol. The van der Waals surface area contributed by atoms with Crippen molar-refractivity contribution >= 4 is 5.97 Å². The van der Waals surface area contributed by atoms with Gasteiger partial charge < -0.3 is 35.6 Å². The van der Waals surface area contributed by atoms with Gasteiger partial charge in [-0.15, -0.1) is 0 Å². The van der Waals surface area contributed by atoms with Crippen molar-refractivity contribution in [3.63, 3.8) is 0 Å². The van der Waals surface area contributed by atoms with E-state index in [1.54, 1.807) is 0 Å². The number of benzene rings is 1. The zero-order chi connectivity index (χ0) is 17.0. The maximum Gasteiger partial charge on any atom is 0.323 e. The molecule has 1 heterocycles. The number of hydrogen-bond donors (Lipinski definition) is 5. The van der Waals surface area contributed by atoms with Gasteiger partial charge in [0.15, 0.2) is 0 Å². The van der Waals surface area contributed by atoms with Crippen LogP contribution >= 0.6 is 0 Å². The highest BCUT2D eigenvalue weighted by molar-refractivity contribution is 5.75. The zero-order valence-corrected chi connectivity index (χ0v) is 12.4. The second-order valence-corrected chi connectivity index (χ2v) is 5.52. The fourth-order valence-corrected chi connectivity index (χ4v) is 2.37. The summed E-state index contributed by atoms with van der Waals surface area (Å²) in [5.41, 5.74) is 6.59. The lowest BCUT2D eigenvalue weighted by molar-refractivity contribution is -0.253. The molecular formula is C15H21NO7. The molecule has 8 nitrogen and oxygen atoms in total. The van der Waals surface area contributed by atoms with Crippen molar-refractivity contribution in [3.8, 4) is 0 Å². The molecule has 1 aromatic carbocycles. The number of esters is 1. The number of aliphatic hydroxyl groups is 4. The smallest absolute Gasteiger partial charge is 0.323 e. The number of carbonyl (C=O) groups is 1. The zero-order valence-electron chi connectivity index (χ0n) is 12.4. The lowest BCUT2D eigenvalue weighted by Gasteiger charge is -2.26. The molecule has 8 heteroatoms. The Labute approximate surface area is 133 Å². The molecule has 1 fully saturated rings. The summed E-state index contributed by atoms with van der Waals surface area (Å²) in [6, 6.07) is 8.15. The third-order valence-electron chi connectivity index (χ3n) is 3.72. The molecule has 5 atom stereocenters. The summed E-state index contributed by atoms with van der Waals surface area (Å²) in [7, 11) is 0. The van der Waals surface area contributed by atoms with E-state index in [2.05, 4.69) is 0 Å². The van der Waals surface area contributed by atoms with Crippen molar-refractivity contribution in [1.29, 1.82) is 0 Å². The minimum atomic E-state index is -2.28. The largest absolute Gasteiger partial charge is 0.459 e. The average Bonchev–Trinajstić information content (AvgIpc) is 2.78. The van der Waals surface area contributed by atoms with Gasteiger partial charge in [-0.2, -0.15) is 0 Å². The highest BCUT2D eigenvalue weighted by Crippen LogP contribution is 2.29. The van der Waals surface area contributed by atoms with Gasteiger partial charge in [0.1, 0.15) is 31.0 Å². The van der Waals surface area contributed by atoms with Crippen LogP contribution in [0.1, 0.15) is 5.56 Å². The monoisotopic (exact) mass is 327 g/mol. The SMILES string of the molecule is N[C@@H](Cc1ccccc1)C(=O)OC[C@@]1(O)O[C@H](CO)[C@@H](O)[C@H]1O. The lowest BCUT2D eigenvalue weighted by atomic mass is 10.1. The predicted octanol–water partition coefficient (Wildman–Crippen LogP) is -2.10. The Kier molecular flexibility index (Phi) is 5.69. The van der Waals surface area contributed by atoms with Gasteiger partial charge in [0, 0.05) is 0 Å². The molecule has 1 saturated heterocycles. The van der Waals surface area contributed by atoms with Crippen molar-refractivity contribution in [1.82, 2.24) is 0 Å². The molecule has 23 heavy (non-hydrogen) atoms. The molecule has 6 N–H and O–H groups in total. The molecule has 1 aliphatic heterocycles. The van der Waals surface area contributed by atoms with Crippen molar-refractivity contribution in [2.45, 2.75) is 36.6 Å². The molecule has 0 aliphatic carbocycles. The van der Waals surface area contributed by atoms with Crippen LogP contribution in [0.3, 0.4) is 0 Å². The van der Waals surface area contributed by atoms with Crippen molar-refractivity contribution in [3.05, 3.63) is 35.9 Å². The molecule has 0 saturated carbocycles. The lowest BCUT2D eigenvalue weighted by Crippen LogP contribution is -2.48. The number of rotatable bonds is 6. The van der Waals surface area contributed by atoms with Gasteiger partial charge in [-0.3, -0.25) is 4.79 Å². The summed E-state index contributed by atoms with van der Waals surface area (Å²) in [5.74, 6) is -3.06. The van der Waals surface area contributed by atoms with Crippen LogP contribution in [0.4, 0.5) is 0 Å². The van der Waals surface area contributed by atoms with Crippen molar-refractivity contribution < 1.29 is 34.7 Å². The van der Waals surface area contributed by atoms with Crippen LogP contribution in [0, 0.1) is 0 Å². The number of aliphatic hydroxyl groups excluding tert-OH is 3. The van der Waals surface area contributed by atoms with Crippen LogP contribution in [0.15, 0.2) is 30.3 Å². The molecule has 0 radical (unpaired) electrons. The molecule has 2 rings (SSSR count). The number of carbonyl (C=O) groups excluding carboxylic acids is 1. The van der Waals surface area contributed by atoms with Gasteiger partial charge in [-0.1, -0.05) is 30.3 Å². The molecule has 0 bridgehead atoms. The third kappa shape index (κ3) is 4.05. The fraction of sp³-hybridized carbons (Fsp3) is 0.533. The second-order valence-electron chi connectivity index (χ2n) is 5.52. The highest BCUT2D eigenvalue weighted by Gasteiger charge is 2.54. The Morgan fingerprint density at radius 1 is 1.35 bits per heavy atom. The van der Waals surface area contributed by atoms with E-state index in [1.165, 1.54) is 0 Å². The minimum absolute atomic E-state index is 0.253. The van der Waals surface area contributed by atoms with Crippen LogP contribution < -0.4 is 5.73 Å². The number of ether oxygens (including phenoxy) is 2. The molecule has 1 aromatic rings. The standard InChI is InChI=1S/C15H21NO7/c16-10(6-9-4-2-1-3-5-9)14(20)22-8-15(21)13(19)12(18)11(7-17)23-15/h1-5,10-13,17-19,21H,6-8,16H2/t10-,11+,12+,13+,15+/m0/s1. The van der Waals surface area contributed by atoms with E-state index in [1.807, 2.05) is 30.3 Å². The molecule has 0 aromatic heterocycles. The van der Waals surface area contributed by atoms with Gasteiger partial charge in [-0.25, -0.2) is 0 Å². The Morgan fingerprint density at radius 3 is 2.57 bits per heavy atom. The Hall–Kier alpha value is -1.55. The molecule has 1 aliphatic rings. The van der Waals surface area contributed by atoms with Crippen LogP contribution in [-0.4, -0.2) is 69.8 Å². The number of hydrogen-bond acceptors (Lipinski definition) is 8. The summed E-state index contributed by atoms with van der Waals surface area (Å²) in [6.45, 7) is -1.30. The highest BCUT2D eigenvalue weighted by atomic mass is 16.7. The van der Waals surface area contributed by atoms with E-state index in [9.17, 15) is 20.1 Å². The van der Waals surface area contributed by atoms with E-state index >= 15 is 0 Å². The van der Waals surface area contributed by atoms with Gasteiger partial charge in [0.25, 0.3) is 0 Å². The van der Waals surface area contributed by atoms with E-state index in [4.69, 9.17) is 20.3 Å². The van der Waals surface area contributed by atoms with Gasteiger partial charge in [0.05, 0.1) is 6.61 Å². The van der Waals surface area contributed by atoms with E-state index in [-0.39, 0.29) is 6.42 Å². The summed E-state index contributed by atoms with van der Waals surface area (Å²) in [6.07, 6.45) is -4.10. The maximum absolute atomic E-state index is 11.9. The van der Waals surface area contributed by atoms with Gasteiger partial charge in [-0.05, 0) is 12.0 Å². The first-order valence-electron chi connectivity index (χ1n) is 7.20. The fourth-order valence-electron chi connectivity index (χ4n) is 2.37. The maximum atomic E-state index is 11.9. The summed E-state index contributed by atoms with van der Waals surface area (Å²) in [5, 5.41) is 38.4. The van der Waals surface area contributed by atoms with E-state index in [0.29, 0.717) is 0 Å². The van der Waals surface area contributed by atoms with Crippen LogP contribution in [0.25, 0.3) is 0 Å². The van der Waals surface area contributed by atoms with E-state index in [0.717, 1.165) is 5.56 Å². The second kappa shape index (κ2) is 7.35. The quantitative estimate of drug-likeness (QED) is 0.374. The Balaban J connectivity index is 1.88. The topological polar surface area (TPSA) is 142 Å². The summed E-state index contributed by atoms with van der Waals surface area (Å²) in [4.78, 5) is 11.9. The minimum Gasteiger partial charge on any atom is -0.459 e. The first-order chi connectivity index (χ1) is 10.9. The van der Waals surface area contributed by atoms with Crippen LogP contribution in [0.2, 0.25) is 0 Å². The third-order valence-corrected chi connectivity index (χ3v) is 3.72. The van der Waals surface area contributed by atoms with Crippen LogP contribution in [0.5, 0.6) is 0 Å². The Morgan fingerprint density at radius 2 is 2.00 bits per heavy atom. The summed E-state index contributed by atoms with van der Waals surface area (Å²) >= 11 is 0. The number of nitrogens with two attached hydrogens (primary N) is 1. The van der Waals surface area contributed by atoms with Gasteiger partial charge >= 0.3 is 5.97 Å². The van der Waals surface area contributed by atoms with Crippen molar-refractivity contribution in [2.75, 3.05) is 13.2 Å². The summed E-state index contributed by atoms with van der Waals surface area (Å²) < 4.78 is 9.84. The van der Waals surface area contributed by atoms with Crippen LogP contribution in [-0.2, 0) is 20.7 Å². The predicted molar refractivity (Wildman–Crippen MR) is 78.0 cm³/mol. The van der Waals surface area contributed by atoms with Crippen molar-refractivity contribution in [2.24, 2.45) is 5.73 Å². The molecule has 0 spiro atoms. The molecular weight excluding hydrogens is 306 g/mol.